The highest BCUT2D eigenvalue weighted by Gasteiger charge is 2.39. The summed E-state index contributed by atoms with van der Waals surface area (Å²) in [6.07, 6.45) is 9.96. The third-order valence-corrected chi connectivity index (χ3v) is 5.58. The van der Waals surface area contributed by atoms with Crippen molar-refractivity contribution in [1.82, 2.24) is 24.6 Å². The summed E-state index contributed by atoms with van der Waals surface area (Å²) in [7, 11) is 4.05. The maximum atomic E-state index is 13.4. The lowest BCUT2D eigenvalue weighted by atomic mass is 10.0. The molecule has 0 radical (unpaired) electrons. The average molecular weight is 339 g/mol. The predicted molar refractivity (Wildman–Crippen MR) is 96.1 cm³/mol. The van der Waals surface area contributed by atoms with Crippen LogP contribution in [0.3, 0.4) is 0 Å². The number of aromatic nitrogens is 3. The van der Waals surface area contributed by atoms with Crippen LogP contribution in [0.1, 0.15) is 36.0 Å². The normalized spacial score (nSPS) is 24.2. The summed E-state index contributed by atoms with van der Waals surface area (Å²) in [5, 5.41) is 4.53. The highest BCUT2D eigenvalue weighted by Crippen LogP contribution is 2.31. The van der Waals surface area contributed by atoms with E-state index in [0.29, 0.717) is 17.6 Å². The summed E-state index contributed by atoms with van der Waals surface area (Å²) in [6.45, 7) is 1.98. The predicted octanol–water partition coefficient (Wildman–Crippen LogP) is 2.18. The van der Waals surface area contributed by atoms with Crippen LogP contribution in [0.2, 0.25) is 0 Å². The number of hydrogen-bond acceptors (Lipinski definition) is 4. The van der Waals surface area contributed by atoms with Crippen LogP contribution >= 0.6 is 0 Å². The molecule has 6 nitrogen and oxygen atoms in total. The first-order valence-electron chi connectivity index (χ1n) is 9.10. The van der Waals surface area contributed by atoms with Crippen molar-refractivity contribution < 1.29 is 4.79 Å². The topological polar surface area (TPSA) is 54.3 Å². The van der Waals surface area contributed by atoms with Crippen LogP contribution < -0.4 is 0 Å². The number of carbonyl (C=O) groups is 1. The second-order valence-corrected chi connectivity index (χ2v) is 7.21. The van der Waals surface area contributed by atoms with Crippen molar-refractivity contribution in [2.24, 2.45) is 7.05 Å². The maximum Gasteiger partial charge on any atom is 0.258 e. The Labute approximate surface area is 148 Å². The standard InChI is InChI=1S/C19H25N5O/c1-22-10-4-7-16(22)17-8-5-11-24(17)19(25)15-13-23(2)21-18(15)14-6-3-9-20-12-14/h3,6,9,12-13,16-17H,4-5,7-8,10-11H2,1-2H3/t16-,17+/m1/s1. The third-order valence-electron chi connectivity index (χ3n) is 5.58. The highest BCUT2D eigenvalue weighted by molar-refractivity contribution is 6.00. The molecule has 0 bridgehead atoms. The van der Waals surface area contributed by atoms with Gasteiger partial charge in [-0.2, -0.15) is 5.10 Å². The largest absolute Gasteiger partial charge is 0.334 e. The zero-order chi connectivity index (χ0) is 17.4. The molecular formula is C19H25N5O. The molecule has 1 amide bonds. The van der Waals surface area contributed by atoms with Crippen LogP contribution in [-0.2, 0) is 7.05 Å². The fourth-order valence-corrected chi connectivity index (χ4v) is 4.38. The first-order chi connectivity index (χ1) is 12.1. The number of pyridine rings is 1. The number of likely N-dealkylation sites (N-methyl/N-ethyl adjacent to an activating group) is 1. The number of nitrogens with zero attached hydrogens (tertiary/aromatic N) is 5. The van der Waals surface area contributed by atoms with E-state index in [9.17, 15) is 4.79 Å². The number of rotatable bonds is 3. The molecule has 2 aromatic heterocycles. The lowest BCUT2D eigenvalue weighted by Gasteiger charge is -2.33. The number of carbonyl (C=O) groups excluding carboxylic acids is 1. The first kappa shape index (κ1) is 16.3. The van der Waals surface area contributed by atoms with Gasteiger partial charge in [0.05, 0.1) is 5.56 Å². The van der Waals surface area contributed by atoms with E-state index in [1.165, 1.54) is 12.8 Å². The summed E-state index contributed by atoms with van der Waals surface area (Å²) in [5.74, 6) is 0.106. The summed E-state index contributed by atoms with van der Waals surface area (Å²) in [4.78, 5) is 22.0. The number of hydrogen-bond donors (Lipinski definition) is 0. The van der Waals surface area contributed by atoms with Gasteiger partial charge in [0.25, 0.3) is 5.91 Å². The molecule has 0 N–H and O–H groups in total. The van der Waals surface area contributed by atoms with E-state index in [1.807, 2.05) is 25.4 Å². The fourth-order valence-electron chi connectivity index (χ4n) is 4.38. The second kappa shape index (κ2) is 6.59. The minimum atomic E-state index is 0.106. The van der Waals surface area contributed by atoms with Crippen LogP contribution in [0.15, 0.2) is 30.7 Å². The Hall–Kier alpha value is -2.21. The van der Waals surface area contributed by atoms with Crippen molar-refractivity contribution in [2.75, 3.05) is 20.1 Å². The molecule has 0 saturated carbocycles. The molecule has 2 saturated heterocycles. The molecule has 6 heteroatoms. The minimum absolute atomic E-state index is 0.106. The zero-order valence-corrected chi connectivity index (χ0v) is 14.9. The smallest absolute Gasteiger partial charge is 0.258 e. The van der Waals surface area contributed by atoms with E-state index in [0.717, 1.165) is 37.2 Å². The molecule has 2 aliphatic rings. The first-order valence-corrected chi connectivity index (χ1v) is 9.10. The van der Waals surface area contributed by atoms with Crippen LogP contribution in [0.5, 0.6) is 0 Å². The molecule has 0 aromatic carbocycles. The van der Waals surface area contributed by atoms with Gasteiger partial charge in [-0.1, -0.05) is 0 Å². The summed E-state index contributed by atoms with van der Waals surface area (Å²) >= 11 is 0. The quantitative estimate of drug-likeness (QED) is 0.860. The van der Waals surface area contributed by atoms with E-state index >= 15 is 0 Å². The van der Waals surface area contributed by atoms with Crippen molar-refractivity contribution >= 4 is 5.91 Å². The monoisotopic (exact) mass is 339 g/mol. The maximum absolute atomic E-state index is 13.4. The summed E-state index contributed by atoms with van der Waals surface area (Å²) < 4.78 is 1.72. The van der Waals surface area contributed by atoms with Crippen LogP contribution in [0.25, 0.3) is 11.3 Å². The molecular weight excluding hydrogens is 314 g/mol. The molecule has 0 aliphatic carbocycles. The Morgan fingerprint density at radius 1 is 1.16 bits per heavy atom. The van der Waals surface area contributed by atoms with Gasteiger partial charge in [-0.3, -0.25) is 14.5 Å². The van der Waals surface area contributed by atoms with Crippen molar-refractivity contribution in [1.29, 1.82) is 0 Å². The van der Waals surface area contributed by atoms with Gasteiger partial charge in [-0.25, -0.2) is 0 Å². The third kappa shape index (κ3) is 2.95. The SMILES string of the molecule is CN1CCC[C@@H]1[C@@H]1CCCN1C(=O)c1cn(C)nc1-c1cccnc1. The van der Waals surface area contributed by atoms with Crippen molar-refractivity contribution in [3.63, 3.8) is 0 Å². The van der Waals surface area contributed by atoms with E-state index < -0.39 is 0 Å². The van der Waals surface area contributed by atoms with Crippen LogP contribution in [-0.4, -0.2) is 62.7 Å². The second-order valence-electron chi connectivity index (χ2n) is 7.21. The van der Waals surface area contributed by atoms with E-state index in [2.05, 4.69) is 26.9 Å². The van der Waals surface area contributed by atoms with Gasteiger partial charge in [-0.05, 0) is 51.4 Å². The van der Waals surface area contributed by atoms with Gasteiger partial charge in [0.15, 0.2) is 0 Å². The van der Waals surface area contributed by atoms with E-state index in [-0.39, 0.29) is 5.91 Å². The van der Waals surface area contributed by atoms with Crippen molar-refractivity contribution in [2.45, 2.75) is 37.8 Å². The minimum Gasteiger partial charge on any atom is -0.334 e. The molecule has 25 heavy (non-hydrogen) atoms. The van der Waals surface area contributed by atoms with Crippen LogP contribution in [0, 0.1) is 0 Å². The molecule has 2 fully saturated rings. The lowest BCUT2D eigenvalue weighted by molar-refractivity contribution is 0.0665. The molecule has 132 valence electrons. The molecule has 4 rings (SSSR count). The average Bonchev–Trinajstić information content (AvgIpc) is 3.34. The van der Waals surface area contributed by atoms with Gasteiger partial charge in [-0.15, -0.1) is 0 Å². The number of amides is 1. The molecule has 0 unspecified atom stereocenters. The Kier molecular flexibility index (Phi) is 4.29. The number of aryl methyl sites for hydroxylation is 1. The molecule has 0 spiro atoms. The van der Waals surface area contributed by atoms with Gasteiger partial charge in [0.2, 0.25) is 0 Å². The fraction of sp³-hybridized carbons (Fsp3) is 0.526. The van der Waals surface area contributed by atoms with Crippen LogP contribution in [0.4, 0.5) is 0 Å². The Morgan fingerprint density at radius 3 is 2.68 bits per heavy atom. The Balaban J connectivity index is 1.65. The van der Waals surface area contributed by atoms with Gasteiger partial charge in [0.1, 0.15) is 5.69 Å². The van der Waals surface area contributed by atoms with Gasteiger partial charge >= 0.3 is 0 Å². The summed E-state index contributed by atoms with van der Waals surface area (Å²) in [5.41, 5.74) is 2.30. The Bertz CT molecular complexity index is 756. The van der Waals surface area contributed by atoms with Crippen molar-refractivity contribution in [3.8, 4) is 11.3 Å². The zero-order valence-electron chi connectivity index (χ0n) is 14.9. The highest BCUT2D eigenvalue weighted by atomic mass is 16.2. The molecule has 2 aliphatic heterocycles. The van der Waals surface area contributed by atoms with Gasteiger partial charge < -0.3 is 9.80 Å². The molecule has 2 aromatic rings. The van der Waals surface area contributed by atoms with E-state index in [4.69, 9.17) is 0 Å². The van der Waals surface area contributed by atoms with Crippen molar-refractivity contribution in [3.05, 3.63) is 36.3 Å². The summed E-state index contributed by atoms with van der Waals surface area (Å²) in [6, 6.07) is 4.65. The van der Waals surface area contributed by atoms with Gasteiger partial charge in [0, 0.05) is 49.8 Å². The number of likely N-dealkylation sites (tertiary alicyclic amines) is 2. The van der Waals surface area contributed by atoms with E-state index in [1.54, 1.807) is 17.1 Å². The molecule has 2 atom stereocenters. The lowest BCUT2D eigenvalue weighted by Crippen LogP contribution is -2.47. The molecule has 4 heterocycles. The Morgan fingerprint density at radius 2 is 1.96 bits per heavy atom.